The molecular formula is C13H13F3N2O3. The molecule has 1 unspecified atom stereocenters. The lowest BCUT2D eigenvalue weighted by Gasteiger charge is -2.13. The summed E-state index contributed by atoms with van der Waals surface area (Å²) in [5, 5.41) is 9.30. The van der Waals surface area contributed by atoms with Gasteiger partial charge < -0.3 is 5.11 Å². The van der Waals surface area contributed by atoms with E-state index in [0.717, 1.165) is 27.3 Å². The van der Waals surface area contributed by atoms with Crippen molar-refractivity contribution in [3.63, 3.8) is 0 Å². The van der Waals surface area contributed by atoms with Gasteiger partial charge in [0.1, 0.15) is 0 Å². The van der Waals surface area contributed by atoms with Crippen molar-refractivity contribution < 1.29 is 18.3 Å². The molecule has 21 heavy (non-hydrogen) atoms. The molecule has 1 N–H and O–H groups in total. The first kappa shape index (κ1) is 15.3. The van der Waals surface area contributed by atoms with Crippen molar-refractivity contribution in [1.29, 1.82) is 0 Å². The van der Waals surface area contributed by atoms with Crippen LogP contribution in [0.4, 0.5) is 13.2 Å². The van der Waals surface area contributed by atoms with Gasteiger partial charge in [0.05, 0.1) is 29.1 Å². The molecule has 2 aromatic rings. The Morgan fingerprint density at radius 2 is 1.90 bits per heavy atom. The molecular weight excluding hydrogens is 289 g/mol. The zero-order valence-electron chi connectivity index (χ0n) is 11.3. The highest BCUT2D eigenvalue weighted by Crippen LogP contribution is 2.30. The lowest BCUT2D eigenvalue weighted by atomic mass is 10.1. The summed E-state index contributed by atoms with van der Waals surface area (Å²) in [6.07, 6.45) is -5.49. The second kappa shape index (κ2) is 5.03. The van der Waals surface area contributed by atoms with Crippen molar-refractivity contribution in [2.75, 3.05) is 0 Å². The van der Waals surface area contributed by atoms with Gasteiger partial charge in [0.25, 0.3) is 5.56 Å². The highest BCUT2D eigenvalue weighted by molar-refractivity contribution is 5.78. The Kier molecular flexibility index (Phi) is 3.66. The highest BCUT2D eigenvalue weighted by Gasteiger charge is 2.31. The standard InChI is InChI=1S/C13H13F3N2O3/c1-7(19)6-18-11(20)9-4-3-8(13(14,15)16)5-10(9)17(2)12(18)21/h3-5,7,19H,6H2,1-2H3. The summed E-state index contributed by atoms with van der Waals surface area (Å²) in [6.45, 7) is 1.19. The Morgan fingerprint density at radius 3 is 2.43 bits per heavy atom. The summed E-state index contributed by atoms with van der Waals surface area (Å²) in [7, 11) is 1.28. The van der Waals surface area contributed by atoms with E-state index in [4.69, 9.17) is 0 Å². The van der Waals surface area contributed by atoms with Gasteiger partial charge in [0, 0.05) is 7.05 Å². The van der Waals surface area contributed by atoms with Gasteiger partial charge in [-0.1, -0.05) is 0 Å². The molecule has 0 spiro atoms. The molecule has 114 valence electrons. The van der Waals surface area contributed by atoms with Crippen molar-refractivity contribution in [2.24, 2.45) is 7.05 Å². The number of hydrogen-bond acceptors (Lipinski definition) is 3. The molecule has 0 aliphatic heterocycles. The average Bonchev–Trinajstić information content (AvgIpc) is 2.39. The maximum Gasteiger partial charge on any atom is 0.416 e. The van der Waals surface area contributed by atoms with Crippen LogP contribution in [0.1, 0.15) is 12.5 Å². The molecule has 1 atom stereocenters. The summed E-state index contributed by atoms with van der Waals surface area (Å²) >= 11 is 0. The number of hydrogen-bond donors (Lipinski definition) is 1. The lowest BCUT2D eigenvalue weighted by Crippen LogP contribution is -2.41. The van der Waals surface area contributed by atoms with Crippen LogP contribution < -0.4 is 11.2 Å². The van der Waals surface area contributed by atoms with Gasteiger partial charge in [-0.05, 0) is 25.1 Å². The number of benzene rings is 1. The number of halogens is 3. The Bertz CT molecular complexity index is 803. The van der Waals surface area contributed by atoms with Gasteiger partial charge in [-0.3, -0.25) is 13.9 Å². The maximum absolute atomic E-state index is 12.7. The minimum Gasteiger partial charge on any atom is -0.392 e. The van der Waals surface area contributed by atoms with Crippen LogP contribution in [0.2, 0.25) is 0 Å². The van der Waals surface area contributed by atoms with Crippen LogP contribution >= 0.6 is 0 Å². The van der Waals surface area contributed by atoms with Crippen molar-refractivity contribution in [3.05, 3.63) is 44.6 Å². The number of alkyl halides is 3. The first-order chi connectivity index (χ1) is 9.62. The van der Waals surface area contributed by atoms with E-state index in [0.29, 0.717) is 0 Å². The van der Waals surface area contributed by atoms with E-state index in [-0.39, 0.29) is 17.4 Å². The molecule has 0 aliphatic carbocycles. The number of rotatable bonds is 2. The van der Waals surface area contributed by atoms with Crippen LogP contribution in [0, 0.1) is 0 Å². The van der Waals surface area contributed by atoms with Crippen molar-refractivity contribution in [2.45, 2.75) is 25.7 Å². The maximum atomic E-state index is 12.7. The molecule has 0 bridgehead atoms. The van der Waals surface area contributed by atoms with Crippen molar-refractivity contribution in [1.82, 2.24) is 9.13 Å². The largest absolute Gasteiger partial charge is 0.416 e. The van der Waals surface area contributed by atoms with Crippen molar-refractivity contribution >= 4 is 10.9 Å². The summed E-state index contributed by atoms with van der Waals surface area (Å²) in [6, 6.07) is 2.60. The Morgan fingerprint density at radius 1 is 1.29 bits per heavy atom. The van der Waals surface area contributed by atoms with Crippen LogP contribution in [0.5, 0.6) is 0 Å². The van der Waals surface area contributed by atoms with Gasteiger partial charge in [0.15, 0.2) is 0 Å². The number of fused-ring (bicyclic) bond motifs is 1. The van der Waals surface area contributed by atoms with Gasteiger partial charge in [-0.15, -0.1) is 0 Å². The molecule has 1 aromatic carbocycles. The molecule has 1 heterocycles. The number of aliphatic hydroxyl groups excluding tert-OH is 1. The second-order valence-corrected chi connectivity index (χ2v) is 4.84. The number of aryl methyl sites for hydroxylation is 1. The minimum absolute atomic E-state index is 0.00856. The Labute approximate surface area is 116 Å². The number of nitrogens with zero attached hydrogens (tertiary/aromatic N) is 2. The third-order valence-corrected chi connectivity index (χ3v) is 3.13. The van der Waals surface area contributed by atoms with Crippen molar-refractivity contribution in [3.8, 4) is 0 Å². The van der Waals surface area contributed by atoms with E-state index >= 15 is 0 Å². The molecule has 0 aliphatic rings. The third kappa shape index (κ3) is 2.71. The smallest absolute Gasteiger partial charge is 0.392 e. The van der Waals surface area contributed by atoms with Crippen LogP contribution in [0.3, 0.4) is 0 Å². The van der Waals surface area contributed by atoms with E-state index in [1.54, 1.807) is 0 Å². The molecule has 5 nitrogen and oxygen atoms in total. The molecule has 1 aromatic heterocycles. The van der Waals surface area contributed by atoms with E-state index in [1.807, 2.05) is 0 Å². The zero-order chi connectivity index (χ0) is 15.9. The van der Waals surface area contributed by atoms with Crippen LogP contribution in [-0.2, 0) is 19.8 Å². The predicted octanol–water partition coefficient (Wildman–Crippen LogP) is 1.10. The average molecular weight is 302 g/mol. The molecule has 0 saturated carbocycles. The fourth-order valence-corrected chi connectivity index (χ4v) is 2.11. The molecule has 0 fully saturated rings. The third-order valence-electron chi connectivity index (χ3n) is 3.13. The Hall–Kier alpha value is -2.09. The van der Waals surface area contributed by atoms with Crippen LogP contribution in [0.25, 0.3) is 10.9 Å². The second-order valence-electron chi connectivity index (χ2n) is 4.84. The van der Waals surface area contributed by atoms with Gasteiger partial charge in [0.2, 0.25) is 0 Å². The molecule has 2 rings (SSSR count). The van der Waals surface area contributed by atoms with Gasteiger partial charge >= 0.3 is 11.9 Å². The first-order valence-corrected chi connectivity index (χ1v) is 6.11. The minimum atomic E-state index is -4.56. The lowest BCUT2D eigenvalue weighted by molar-refractivity contribution is -0.137. The predicted molar refractivity (Wildman–Crippen MR) is 70.1 cm³/mol. The molecule has 0 saturated heterocycles. The fraction of sp³-hybridized carbons (Fsp3) is 0.385. The van der Waals surface area contributed by atoms with Gasteiger partial charge in [-0.25, -0.2) is 4.79 Å². The monoisotopic (exact) mass is 302 g/mol. The molecule has 0 radical (unpaired) electrons. The first-order valence-electron chi connectivity index (χ1n) is 6.11. The van der Waals surface area contributed by atoms with Crippen LogP contribution in [-0.4, -0.2) is 20.3 Å². The normalized spacial score (nSPS) is 13.6. The van der Waals surface area contributed by atoms with E-state index < -0.39 is 29.1 Å². The van der Waals surface area contributed by atoms with Crippen LogP contribution in [0.15, 0.2) is 27.8 Å². The van der Waals surface area contributed by atoms with Gasteiger partial charge in [-0.2, -0.15) is 13.2 Å². The highest BCUT2D eigenvalue weighted by atomic mass is 19.4. The summed E-state index contributed by atoms with van der Waals surface area (Å²) in [4.78, 5) is 24.2. The number of aliphatic hydroxyl groups is 1. The van der Waals surface area contributed by atoms with E-state index in [2.05, 4.69) is 0 Å². The summed E-state index contributed by atoms with van der Waals surface area (Å²) in [5.74, 6) is 0. The summed E-state index contributed by atoms with van der Waals surface area (Å²) < 4.78 is 39.9. The topological polar surface area (TPSA) is 64.2 Å². The fourth-order valence-electron chi connectivity index (χ4n) is 2.11. The zero-order valence-corrected chi connectivity index (χ0v) is 11.3. The van der Waals surface area contributed by atoms with E-state index in [1.165, 1.54) is 14.0 Å². The number of aromatic nitrogens is 2. The van der Waals surface area contributed by atoms with E-state index in [9.17, 15) is 27.9 Å². The molecule has 8 heteroatoms. The quantitative estimate of drug-likeness (QED) is 0.903. The molecule has 0 amide bonds. The Balaban J connectivity index is 2.83. The SMILES string of the molecule is CC(O)Cn1c(=O)c2ccc(C(F)(F)F)cc2n(C)c1=O. The summed E-state index contributed by atoms with van der Waals surface area (Å²) in [5.41, 5.74) is -2.52.